The van der Waals surface area contributed by atoms with Crippen molar-refractivity contribution in [3.05, 3.63) is 82.9 Å². The normalized spacial score (nSPS) is 11.6. The molecule has 3 aromatic carbocycles. The number of hydrogen-bond donors (Lipinski definition) is 0. The van der Waals surface area contributed by atoms with Crippen molar-refractivity contribution < 1.29 is 75.8 Å². The monoisotopic (exact) mass is 930 g/mol. The molecule has 0 saturated heterocycles. The summed E-state index contributed by atoms with van der Waals surface area (Å²) in [5.41, 5.74) is 3.90. The molecule has 0 aromatic heterocycles. The Labute approximate surface area is 392 Å². The van der Waals surface area contributed by atoms with Gasteiger partial charge in [0.25, 0.3) is 0 Å². The molecule has 16 heteroatoms. The van der Waals surface area contributed by atoms with E-state index in [0.717, 1.165) is 22.3 Å². The van der Waals surface area contributed by atoms with E-state index in [1.807, 2.05) is 48.6 Å². The third-order valence-corrected chi connectivity index (χ3v) is 8.88. The van der Waals surface area contributed by atoms with E-state index in [1.165, 1.54) is 0 Å². The van der Waals surface area contributed by atoms with Crippen LogP contribution >= 0.6 is 0 Å². The zero-order valence-electron chi connectivity index (χ0n) is 39.6. The van der Waals surface area contributed by atoms with Gasteiger partial charge in [-0.1, -0.05) is 48.6 Å². The van der Waals surface area contributed by atoms with E-state index in [-0.39, 0.29) is 0 Å². The van der Waals surface area contributed by atoms with Crippen LogP contribution < -0.4 is 18.9 Å². The largest absolute Gasteiger partial charge is 0.491 e. The van der Waals surface area contributed by atoms with E-state index in [1.54, 1.807) is 28.4 Å². The summed E-state index contributed by atoms with van der Waals surface area (Å²) in [6, 6.07) is 19.9. The van der Waals surface area contributed by atoms with Crippen molar-refractivity contribution in [3.63, 3.8) is 0 Å². The third-order valence-electron chi connectivity index (χ3n) is 8.88. The van der Waals surface area contributed by atoms with Crippen molar-refractivity contribution in [1.82, 2.24) is 0 Å². The fourth-order valence-electron chi connectivity index (χ4n) is 5.55. The second-order valence-electron chi connectivity index (χ2n) is 14.1. The van der Waals surface area contributed by atoms with Gasteiger partial charge in [0.2, 0.25) is 0 Å². The molecule has 0 bridgehead atoms. The van der Waals surface area contributed by atoms with E-state index >= 15 is 0 Å². The summed E-state index contributed by atoms with van der Waals surface area (Å²) in [5.74, 6) is 2.68. The molecule has 0 spiro atoms. The zero-order valence-corrected chi connectivity index (χ0v) is 39.6. The number of rotatable bonds is 44. The fraction of sp³-hybridized carbons (Fsp3) is 0.560. The van der Waals surface area contributed by atoms with E-state index in [4.69, 9.17) is 75.8 Å². The lowest BCUT2D eigenvalue weighted by molar-refractivity contribution is 0.0174. The van der Waals surface area contributed by atoms with Crippen LogP contribution in [0.2, 0.25) is 0 Å². The summed E-state index contributed by atoms with van der Waals surface area (Å²) in [4.78, 5) is 0. The minimum Gasteiger partial charge on any atom is -0.491 e. The standard InChI is InChI=1S/C50H74O16/c1-51-13-17-55-21-25-59-29-33-63-47-37-45(38-48(41-47)64-34-30-60-26-22-56-18-14-52-2)11-9-43-5-7-44(8-6-43)10-12-46-39-49(65-35-31-61-27-23-57-19-15-53-3)42-50(40-46)66-36-32-62-28-24-58-20-16-54-4/h5-12,37-42H,13-36H2,1-4H3/b11-9+,12-10+. The molecule has 0 aliphatic heterocycles. The third kappa shape index (κ3) is 29.5. The maximum absolute atomic E-state index is 6.06. The van der Waals surface area contributed by atoms with Gasteiger partial charge < -0.3 is 75.8 Å². The van der Waals surface area contributed by atoms with Gasteiger partial charge in [0.15, 0.2) is 0 Å². The maximum Gasteiger partial charge on any atom is 0.123 e. The molecule has 0 aliphatic carbocycles. The molecular formula is C50H74O16. The maximum atomic E-state index is 6.06. The highest BCUT2D eigenvalue weighted by Gasteiger charge is 2.06. The van der Waals surface area contributed by atoms with Crippen LogP contribution in [0.1, 0.15) is 22.3 Å². The summed E-state index contributed by atoms with van der Waals surface area (Å²) in [5, 5.41) is 0. The van der Waals surface area contributed by atoms with Gasteiger partial charge in [0, 0.05) is 40.6 Å². The Morgan fingerprint density at radius 3 is 0.667 bits per heavy atom. The van der Waals surface area contributed by atoms with Gasteiger partial charge in [-0.15, -0.1) is 0 Å². The molecule has 0 amide bonds. The second kappa shape index (κ2) is 40.0. The predicted molar refractivity (Wildman–Crippen MR) is 253 cm³/mol. The van der Waals surface area contributed by atoms with Crippen LogP contribution in [0.5, 0.6) is 23.0 Å². The van der Waals surface area contributed by atoms with Crippen LogP contribution in [0.3, 0.4) is 0 Å². The van der Waals surface area contributed by atoms with Gasteiger partial charge in [0.1, 0.15) is 49.4 Å². The molecule has 0 unspecified atom stereocenters. The van der Waals surface area contributed by atoms with Crippen LogP contribution in [-0.4, -0.2) is 187 Å². The molecule has 0 radical (unpaired) electrons. The van der Waals surface area contributed by atoms with E-state index in [2.05, 4.69) is 36.4 Å². The van der Waals surface area contributed by atoms with Crippen molar-refractivity contribution in [1.29, 1.82) is 0 Å². The summed E-state index contributed by atoms with van der Waals surface area (Å²) >= 11 is 0. The predicted octanol–water partition coefficient (Wildman–Crippen LogP) is 6.26. The molecule has 0 N–H and O–H groups in total. The van der Waals surface area contributed by atoms with Gasteiger partial charge in [-0.2, -0.15) is 0 Å². The Morgan fingerprint density at radius 2 is 0.439 bits per heavy atom. The van der Waals surface area contributed by atoms with Gasteiger partial charge in [-0.25, -0.2) is 0 Å². The number of methoxy groups -OCH3 is 4. The van der Waals surface area contributed by atoms with Crippen molar-refractivity contribution in [3.8, 4) is 23.0 Å². The number of benzene rings is 3. The van der Waals surface area contributed by atoms with Crippen molar-refractivity contribution in [2.24, 2.45) is 0 Å². The first-order chi connectivity index (χ1) is 32.6. The van der Waals surface area contributed by atoms with Crippen molar-refractivity contribution >= 4 is 24.3 Å². The average molecular weight is 931 g/mol. The lowest BCUT2D eigenvalue weighted by Crippen LogP contribution is -2.13. The fourth-order valence-corrected chi connectivity index (χ4v) is 5.55. The molecule has 0 aliphatic rings. The Bertz CT molecular complexity index is 1450. The highest BCUT2D eigenvalue weighted by molar-refractivity contribution is 5.74. The lowest BCUT2D eigenvalue weighted by atomic mass is 10.1. The van der Waals surface area contributed by atoms with Gasteiger partial charge in [0.05, 0.1) is 132 Å². The first-order valence-electron chi connectivity index (χ1n) is 22.5. The molecule has 0 heterocycles. The summed E-state index contributed by atoms with van der Waals surface area (Å²) in [7, 11) is 6.58. The van der Waals surface area contributed by atoms with Crippen molar-refractivity contribution in [2.45, 2.75) is 0 Å². The van der Waals surface area contributed by atoms with E-state index in [0.29, 0.717) is 182 Å². The lowest BCUT2D eigenvalue weighted by Gasteiger charge is -2.12. The summed E-state index contributed by atoms with van der Waals surface area (Å²) in [6.07, 6.45) is 8.17. The second-order valence-corrected chi connectivity index (χ2v) is 14.1. The van der Waals surface area contributed by atoms with Crippen LogP contribution in [0.15, 0.2) is 60.7 Å². The first kappa shape index (κ1) is 56.2. The Morgan fingerprint density at radius 1 is 0.242 bits per heavy atom. The molecule has 0 saturated carbocycles. The molecule has 3 aromatic rings. The molecule has 0 atom stereocenters. The first-order valence-corrected chi connectivity index (χ1v) is 22.5. The van der Waals surface area contributed by atoms with Crippen LogP contribution in [0.25, 0.3) is 24.3 Å². The molecule has 66 heavy (non-hydrogen) atoms. The average Bonchev–Trinajstić information content (AvgIpc) is 3.33. The van der Waals surface area contributed by atoms with Crippen molar-refractivity contribution in [2.75, 3.05) is 187 Å². The van der Waals surface area contributed by atoms with E-state index < -0.39 is 0 Å². The summed E-state index contributed by atoms with van der Waals surface area (Å²) < 4.78 is 88.7. The molecule has 370 valence electrons. The Hall–Kier alpha value is -4.14. The minimum atomic E-state index is 0.375. The summed E-state index contributed by atoms with van der Waals surface area (Å²) in [6.45, 7) is 11.4. The van der Waals surface area contributed by atoms with Gasteiger partial charge in [-0.3, -0.25) is 0 Å². The van der Waals surface area contributed by atoms with Gasteiger partial charge in [-0.05, 0) is 46.5 Å². The highest BCUT2D eigenvalue weighted by Crippen LogP contribution is 2.26. The number of hydrogen-bond acceptors (Lipinski definition) is 16. The highest BCUT2D eigenvalue weighted by atomic mass is 16.6. The quantitative estimate of drug-likeness (QED) is 0.0464. The molecule has 0 fully saturated rings. The SMILES string of the molecule is COCCOCCOCCOc1cc(/C=C/c2ccc(/C=C/c3cc(OCCOCCOCCOC)cc(OCCOCCOCCOC)c3)cc2)cc(OCCOCCOCCOC)c1. The van der Waals surface area contributed by atoms with Gasteiger partial charge >= 0.3 is 0 Å². The number of ether oxygens (including phenoxy) is 16. The Kier molecular flexibility index (Phi) is 34.0. The van der Waals surface area contributed by atoms with Crippen LogP contribution in [0, 0.1) is 0 Å². The Balaban J connectivity index is 1.60. The molecule has 3 rings (SSSR count). The van der Waals surface area contributed by atoms with Crippen LogP contribution in [0.4, 0.5) is 0 Å². The molecule has 16 nitrogen and oxygen atoms in total. The topological polar surface area (TPSA) is 148 Å². The zero-order chi connectivity index (χ0) is 46.8. The molecular weight excluding hydrogens is 857 g/mol. The smallest absolute Gasteiger partial charge is 0.123 e. The van der Waals surface area contributed by atoms with Crippen LogP contribution in [-0.2, 0) is 56.8 Å². The van der Waals surface area contributed by atoms with E-state index in [9.17, 15) is 0 Å². The minimum absolute atomic E-state index is 0.375.